The molecule has 0 radical (unpaired) electrons. The summed E-state index contributed by atoms with van der Waals surface area (Å²) in [6, 6.07) is 1.65. The zero-order valence-corrected chi connectivity index (χ0v) is 9.12. The van der Waals surface area contributed by atoms with Crippen LogP contribution in [0, 0.1) is 0 Å². The van der Waals surface area contributed by atoms with Crippen LogP contribution in [0.4, 0.5) is 0 Å². The van der Waals surface area contributed by atoms with Gasteiger partial charge in [-0.15, -0.1) is 0 Å². The molecule has 0 aliphatic carbocycles. The zero-order chi connectivity index (χ0) is 11.3. The number of hydrogen-bond acceptors (Lipinski definition) is 4. The molecule has 0 bridgehead atoms. The van der Waals surface area contributed by atoms with E-state index in [0.29, 0.717) is 16.5 Å². The van der Waals surface area contributed by atoms with E-state index in [0.717, 1.165) is 0 Å². The Morgan fingerprint density at radius 3 is 2.87 bits per heavy atom. The SMILES string of the molecule is COC(=O)C=Cc1cc(Cl)cnc1OC. The van der Waals surface area contributed by atoms with E-state index >= 15 is 0 Å². The highest BCUT2D eigenvalue weighted by molar-refractivity contribution is 6.30. The topological polar surface area (TPSA) is 48.4 Å². The van der Waals surface area contributed by atoms with Crippen LogP contribution in [0.5, 0.6) is 5.88 Å². The van der Waals surface area contributed by atoms with Crippen LogP contribution in [-0.2, 0) is 9.53 Å². The van der Waals surface area contributed by atoms with Crippen molar-refractivity contribution in [3.63, 3.8) is 0 Å². The van der Waals surface area contributed by atoms with Crippen molar-refractivity contribution in [1.29, 1.82) is 0 Å². The van der Waals surface area contributed by atoms with Gasteiger partial charge in [0.15, 0.2) is 0 Å². The first-order valence-electron chi connectivity index (χ1n) is 4.13. The van der Waals surface area contributed by atoms with E-state index in [1.807, 2.05) is 0 Å². The first-order chi connectivity index (χ1) is 7.17. The predicted octanol–water partition coefficient (Wildman–Crippen LogP) is 1.93. The maximum absolute atomic E-state index is 10.9. The molecule has 15 heavy (non-hydrogen) atoms. The fourth-order valence-electron chi connectivity index (χ4n) is 0.958. The molecule has 0 aliphatic rings. The summed E-state index contributed by atoms with van der Waals surface area (Å²) >= 11 is 5.75. The van der Waals surface area contributed by atoms with E-state index in [9.17, 15) is 4.79 Å². The summed E-state index contributed by atoms with van der Waals surface area (Å²) in [7, 11) is 2.80. The number of nitrogens with zero attached hydrogens (tertiary/aromatic N) is 1. The lowest BCUT2D eigenvalue weighted by Gasteiger charge is -2.02. The molecular weight excluding hydrogens is 218 g/mol. The van der Waals surface area contributed by atoms with Gasteiger partial charge in [-0.2, -0.15) is 0 Å². The number of pyridine rings is 1. The normalized spacial score (nSPS) is 10.3. The Bertz CT molecular complexity index is 390. The summed E-state index contributed by atoms with van der Waals surface area (Å²) in [6.07, 6.45) is 4.27. The summed E-state index contributed by atoms with van der Waals surface area (Å²) in [5, 5.41) is 0.473. The molecule has 1 aromatic rings. The Morgan fingerprint density at radius 2 is 2.27 bits per heavy atom. The number of aromatic nitrogens is 1. The number of hydrogen-bond donors (Lipinski definition) is 0. The van der Waals surface area contributed by atoms with Gasteiger partial charge >= 0.3 is 5.97 Å². The minimum absolute atomic E-state index is 0.402. The molecule has 0 saturated heterocycles. The maximum Gasteiger partial charge on any atom is 0.330 e. The van der Waals surface area contributed by atoms with Crippen molar-refractivity contribution in [1.82, 2.24) is 4.98 Å². The number of esters is 1. The fraction of sp³-hybridized carbons (Fsp3) is 0.200. The second-order valence-electron chi connectivity index (χ2n) is 2.61. The average Bonchev–Trinajstić information content (AvgIpc) is 2.26. The van der Waals surface area contributed by atoms with Crippen LogP contribution in [0.25, 0.3) is 6.08 Å². The van der Waals surface area contributed by atoms with Gasteiger partial charge < -0.3 is 9.47 Å². The van der Waals surface area contributed by atoms with Gasteiger partial charge in [-0.3, -0.25) is 0 Å². The summed E-state index contributed by atoms with van der Waals surface area (Å²) in [5.41, 5.74) is 0.621. The second-order valence-corrected chi connectivity index (χ2v) is 3.04. The Balaban J connectivity index is 2.96. The third kappa shape index (κ3) is 3.25. The van der Waals surface area contributed by atoms with Crippen molar-refractivity contribution >= 4 is 23.6 Å². The third-order valence-corrected chi connectivity index (χ3v) is 1.85. The van der Waals surface area contributed by atoms with E-state index in [1.54, 1.807) is 6.07 Å². The molecule has 0 aliphatic heterocycles. The Hall–Kier alpha value is -1.55. The van der Waals surface area contributed by atoms with E-state index in [1.165, 1.54) is 32.6 Å². The van der Waals surface area contributed by atoms with Crippen LogP contribution in [0.3, 0.4) is 0 Å². The molecule has 1 heterocycles. The molecular formula is C10H10ClNO3. The van der Waals surface area contributed by atoms with Gasteiger partial charge in [0, 0.05) is 17.8 Å². The molecule has 0 amide bonds. The Labute approximate surface area is 92.5 Å². The molecule has 1 rings (SSSR count). The second kappa shape index (κ2) is 5.36. The highest BCUT2D eigenvalue weighted by atomic mass is 35.5. The molecule has 0 spiro atoms. The predicted molar refractivity (Wildman–Crippen MR) is 56.8 cm³/mol. The van der Waals surface area contributed by atoms with E-state index in [2.05, 4.69) is 9.72 Å². The van der Waals surface area contributed by atoms with Crippen molar-refractivity contribution in [3.05, 3.63) is 28.9 Å². The summed E-state index contributed by atoms with van der Waals surface area (Å²) < 4.78 is 9.45. The summed E-state index contributed by atoms with van der Waals surface area (Å²) in [4.78, 5) is 14.8. The number of carbonyl (C=O) groups is 1. The van der Waals surface area contributed by atoms with Crippen LogP contribution in [0.1, 0.15) is 5.56 Å². The first kappa shape index (κ1) is 11.5. The van der Waals surface area contributed by atoms with Crippen molar-refractivity contribution < 1.29 is 14.3 Å². The lowest BCUT2D eigenvalue weighted by atomic mass is 10.2. The van der Waals surface area contributed by atoms with Crippen molar-refractivity contribution in [2.75, 3.05) is 14.2 Å². The Morgan fingerprint density at radius 1 is 1.53 bits per heavy atom. The van der Waals surface area contributed by atoms with Crippen LogP contribution in [0.2, 0.25) is 5.02 Å². The lowest BCUT2D eigenvalue weighted by molar-refractivity contribution is -0.134. The maximum atomic E-state index is 10.9. The van der Waals surface area contributed by atoms with Gasteiger partial charge in [-0.1, -0.05) is 11.6 Å². The molecule has 0 unspecified atom stereocenters. The van der Waals surface area contributed by atoms with Crippen LogP contribution in [-0.4, -0.2) is 25.2 Å². The highest BCUT2D eigenvalue weighted by Crippen LogP contribution is 2.20. The Kier molecular flexibility index (Phi) is 4.12. The van der Waals surface area contributed by atoms with Gasteiger partial charge in [0.05, 0.1) is 19.2 Å². The molecule has 4 nitrogen and oxygen atoms in total. The van der Waals surface area contributed by atoms with E-state index in [-0.39, 0.29) is 0 Å². The fourth-order valence-corrected chi connectivity index (χ4v) is 1.12. The molecule has 0 atom stereocenters. The van der Waals surface area contributed by atoms with Gasteiger partial charge in [0.2, 0.25) is 5.88 Å². The highest BCUT2D eigenvalue weighted by Gasteiger charge is 2.02. The van der Waals surface area contributed by atoms with Crippen molar-refractivity contribution in [3.8, 4) is 5.88 Å². The van der Waals surface area contributed by atoms with Crippen LogP contribution >= 0.6 is 11.6 Å². The molecule has 0 fully saturated rings. The molecule has 0 aromatic carbocycles. The summed E-state index contributed by atoms with van der Waals surface area (Å²) in [6.45, 7) is 0. The largest absolute Gasteiger partial charge is 0.481 e. The number of carbonyl (C=O) groups excluding carboxylic acids is 1. The third-order valence-electron chi connectivity index (χ3n) is 1.64. The van der Waals surface area contributed by atoms with Crippen molar-refractivity contribution in [2.45, 2.75) is 0 Å². The lowest BCUT2D eigenvalue weighted by Crippen LogP contribution is -1.95. The van der Waals surface area contributed by atoms with Crippen LogP contribution in [0.15, 0.2) is 18.3 Å². The van der Waals surface area contributed by atoms with E-state index < -0.39 is 5.97 Å². The minimum atomic E-state index is -0.447. The summed E-state index contributed by atoms with van der Waals surface area (Å²) in [5.74, 6) is -0.0448. The number of ether oxygens (including phenoxy) is 2. The standard InChI is InChI=1S/C10H10ClNO3/c1-14-9(13)4-3-7-5-8(11)6-12-10(7)15-2/h3-6H,1-2H3. The van der Waals surface area contributed by atoms with E-state index in [4.69, 9.17) is 16.3 Å². The smallest absolute Gasteiger partial charge is 0.330 e. The molecule has 0 saturated carbocycles. The molecule has 5 heteroatoms. The van der Waals surface area contributed by atoms with Gasteiger partial charge in [-0.05, 0) is 12.1 Å². The molecule has 1 aromatic heterocycles. The zero-order valence-electron chi connectivity index (χ0n) is 8.36. The number of rotatable bonds is 3. The minimum Gasteiger partial charge on any atom is -0.481 e. The van der Waals surface area contributed by atoms with Crippen molar-refractivity contribution in [2.24, 2.45) is 0 Å². The molecule has 0 N–H and O–H groups in total. The van der Waals surface area contributed by atoms with Gasteiger partial charge in [0.25, 0.3) is 0 Å². The monoisotopic (exact) mass is 227 g/mol. The molecule has 80 valence electrons. The van der Waals surface area contributed by atoms with Gasteiger partial charge in [0.1, 0.15) is 0 Å². The number of methoxy groups -OCH3 is 2. The van der Waals surface area contributed by atoms with Gasteiger partial charge in [-0.25, -0.2) is 9.78 Å². The van der Waals surface area contributed by atoms with Crippen LogP contribution < -0.4 is 4.74 Å². The number of halogens is 1. The first-order valence-corrected chi connectivity index (χ1v) is 4.50. The average molecular weight is 228 g/mol. The quantitative estimate of drug-likeness (QED) is 0.585.